The maximum Gasteiger partial charge on any atom is 0.433 e. The standard InChI is InChI=1S/C20H14F9N7O/c21-18(22,23)12-3-1-2-11(32-12)14-33-15(31-10-4-6-30-13(8-10)19(24,25)26)35-16(34-14)36-7-5-17(37,9-36)20(27,28)29/h1-4,6,8,37H,5,7,9H2,(H,30,31,33,34,35)/t17-/m1/s1. The molecule has 0 spiro atoms. The molecule has 0 saturated carbocycles. The molecule has 1 saturated heterocycles. The fourth-order valence-electron chi connectivity index (χ4n) is 3.38. The molecule has 0 aliphatic carbocycles. The minimum absolute atomic E-state index is 0.226. The largest absolute Gasteiger partial charge is 0.433 e. The second-order valence-electron chi connectivity index (χ2n) is 7.94. The van der Waals surface area contributed by atoms with Crippen LogP contribution in [-0.4, -0.2) is 54.9 Å². The first-order valence-corrected chi connectivity index (χ1v) is 10.2. The van der Waals surface area contributed by atoms with Gasteiger partial charge in [-0.05, 0) is 24.3 Å². The van der Waals surface area contributed by atoms with Crippen LogP contribution in [0.25, 0.3) is 11.5 Å². The van der Waals surface area contributed by atoms with Gasteiger partial charge in [-0.1, -0.05) is 6.07 Å². The number of anilines is 3. The van der Waals surface area contributed by atoms with Gasteiger partial charge in [0.15, 0.2) is 11.4 Å². The lowest BCUT2D eigenvalue weighted by molar-refractivity contribution is -0.250. The number of nitrogens with zero attached hydrogens (tertiary/aromatic N) is 6. The topological polar surface area (TPSA) is 100.0 Å². The summed E-state index contributed by atoms with van der Waals surface area (Å²) < 4.78 is 118. The average molecular weight is 539 g/mol. The van der Waals surface area contributed by atoms with E-state index >= 15 is 0 Å². The lowest BCUT2D eigenvalue weighted by Gasteiger charge is -2.26. The van der Waals surface area contributed by atoms with Gasteiger partial charge in [0.2, 0.25) is 11.9 Å². The number of rotatable bonds is 4. The van der Waals surface area contributed by atoms with Crippen molar-refractivity contribution in [2.45, 2.75) is 30.6 Å². The van der Waals surface area contributed by atoms with Crippen LogP contribution >= 0.6 is 0 Å². The van der Waals surface area contributed by atoms with Crippen molar-refractivity contribution in [2.24, 2.45) is 0 Å². The van der Waals surface area contributed by atoms with Crippen molar-refractivity contribution in [3.8, 4) is 11.5 Å². The summed E-state index contributed by atoms with van der Waals surface area (Å²) in [6, 6.07) is 4.48. The van der Waals surface area contributed by atoms with Gasteiger partial charge in [-0.15, -0.1) is 0 Å². The van der Waals surface area contributed by atoms with Gasteiger partial charge in [-0.25, -0.2) is 4.98 Å². The van der Waals surface area contributed by atoms with E-state index in [-0.39, 0.29) is 12.2 Å². The molecule has 0 unspecified atom stereocenters. The maximum atomic E-state index is 13.3. The smallest absolute Gasteiger partial charge is 0.379 e. The molecule has 0 amide bonds. The summed E-state index contributed by atoms with van der Waals surface area (Å²) in [6.45, 7) is -1.38. The molecule has 17 heteroatoms. The third kappa shape index (κ3) is 5.65. The van der Waals surface area contributed by atoms with Gasteiger partial charge in [0.05, 0.1) is 6.54 Å². The Labute approximate surface area is 201 Å². The molecule has 0 bridgehead atoms. The van der Waals surface area contributed by atoms with E-state index in [4.69, 9.17) is 0 Å². The molecule has 1 aliphatic rings. The van der Waals surface area contributed by atoms with E-state index in [0.29, 0.717) is 12.1 Å². The molecule has 1 fully saturated rings. The fourth-order valence-corrected chi connectivity index (χ4v) is 3.38. The van der Waals surface area contributed by atoms with Gasteiger partial charge in [0.25, 0.3) is 0 Å². The highest BCUT2D eigenvalue weighted by Crippen LogP contribution is 2.39. The Bertz CT molecular complexity index is 1300. The van der Waals surface area contributed by atoms with Crippen LogP contribution in [0.1, 0.15) is 17.8 Å². The Hall–Kier alpha value is -3.76. The highest BCUT2D eigenvalue weighted by atomic mass is 19.4. The van der Waals surface area contributed by atoms with E-state index in [0.717, 1.165) is 29.3 Å². The van der Waals surface area contributed by atoms with Crippen molar-refractivity contribution < 1.29 is 44.6 Å². The molecule has 3 aromatic rings. The van der Waals surface area contributed by atoms with E-state index in [9.17, 15) is 44.6 Å². The maximum absolute atomic E-state index is 13.3. The van der Waals surface area contributed by atoms with Crippen LogP contribution < -0.4 is 10.2 Å². The monoisotopic (exact) mass is 539 g/mol. The third-order valence-corrected chi connectivity index (χ3v) is 5.26. The zero-order valence-corrected chi connectivity index (χ0v) is 18.1. The molecule has 1 atom stereocenters. The summed E-state index contributed by atoms with van der Waals surface area (Å²) in [5.74, 6) is -1.48. The molecule has 4 rings (SSSR count). The quantitative estimate of drug-likeness (QED) is 0.464. The summed E-state index contributed by atoms with van der Waals surface area (Å²) in [5.41, 5.74) is -6.35. The summed E-state index contributed by atoms with van der Waals surface area (Å²) >= 11 is 0. The molecule has 3 aromatic heterocycles. The average Bonchev–Trinajstić information content (AvgIpc) is 3.22. The zero-order valence-electron chi connectivity index (χ0n) is 18.1. The first-order valence-electron chi connectivity index (χ1n) is 10.2. The van der Waals surface area contributed by atoms with E-state index in [2.05, 4.69) is 30.2 Å². The van der Waals surface area contributed by atoms with Crippen molar-refractivity contribution >= 4 is 17.6 Å². The van der Waals surface area contributed by atoms with Gasteiger partial charge >= 0.3 is 18.5 Å². The van der Waals surface area contributed by atoms with Crippen LogP contribution in [0, 0.1) is 0 Å². The Morgan fingerprint density at radius 3 is 2.19 bits per heavy atom. The summed E-state index contributed by atoms with van der Waals surface area (Å²) in [7, 11) is 0. The fraction of sp³-hybridized carbons (Fsp3) is 0.350. The van der Waals surface area contributed by atoms with Crippen molar-refractivity contribution in [3.05, 3.63) is 47.9 Å². The van der Waals surface area contributed by atoms with Gasteiger partial charge in [0.1, 0.15) is 17.1 Å². The first-order chi connectivity index (χ1) is 17.0. The van der Waals surface area contributed by atoms with Crippen molar-refractivity contribution in [2.75, 3.05) is 23.3 Å². The number of halogens is 9. The van der Waals surface area contributed by atoms with E-state index in [1.165, 1.54) is 0 Å². The number of aliphatic hydroxyl groups is 1. The van der Waals surface area contributed by atoms with Crippen LogP contribution in [0.2, 0.25) is 0 Å². The lowest BCUT2D eigenvalue weighted by atomic mass is 10.0. The molecule has 0 radical (unpaired) electrons. The van der Waals surface area contributed by atoms with Gasteiger partial charge in [-0.3, -0.25) is 4.98 Å². The molecule has 1 aliphatic heterocycles. The molecule has 2 N–H and O–H groups in total. The van der Waals surface area contributed by atoms with Gasteiger partial charge in [0, 0.05) is 24.8 Å². The molecule has 0 aromatic carbocycles. The zero-order chi connectivity index (χ0) is 27.2. The van der Waals surface area contributed by atoms with E-state index in [1.54, 1.807) is 0 Å². The first kappa shape index (κ1) is 26.3. The predicted molar refractivity (Wildman–Crippen MR) is 108 cm³/mol. The lowest BCUT2D eigenvalue weighted by Crippen LogP contribution is -2.47. The molecule has 198 valence electrons. The minimum Gasteiger partial charge on any atom is -0.379 e. The Morgan fingerprint density at radius 2 is 1.57 bits per heavy atom. The minimum atomic E-state index is -4.99. The van der Waals surface area contributed by atoms with Crippen molar-refractivity contribution in [1.82, 2.24) is 24.9 Å². The Balaban J connectivity index is 1.77. The second-order valence-corrected chi connectivity index (χ2v) is 7.94. The van der Waals surface area contributed by atoms with E-state index in [1.807, 2.05) is 0 Å². The van der Waals surface area contributed by atoms with Crippen molar-refractivity contribution in [1.29, 1.82) is 0 Å². The summed E-state index contributed by atoms with van der Waals surface area (Å²) in [6.07, 6.45) is -14.6. The number of alkyl halides is 9. The highest BCUT2D eigenvalue weighted by molar-refractivity contribution is 5.59. The molecular weight excluding hydrogens is 525 g/mol. The number of hydrogen-bond donors (Lipinski definition) is 2. The van der Waals surface area contributed by atoms with E-state index < -0.39 is 71.9 Å². The van der Waals surface area contributed by atoms with Gasteiger partial charge in [-0.2, -0.15) is 54.5 Å². The molecule has 4 heterocycles. The van der Waals surface area contributed by atoms with Crippen molar-refractivity contribution in [3.63, 3.8) is 0 Å². The second kappa shape index (κ2) is 8.97. The van der Waals surface area contributed by atoms with Crippen LogP contribution in [0.4, 0.5) is 57.1 Å². The molecule has 37 heavy (non-hydrogen) atoms. The Kier molecular flexibility index (Phi) is 6.37. The van der Waals surface area contributed by atoms with Gasteiger partial charge < -0.3 is 15.3 Å². The SMILES string of the molecule is O[C@]1(C(F)(F)F)CCN(c2nc(Nc3ccnc(C(F)(F)F)c3)nc(-c3cccc(C(F)(F)F)n3)n2)C1. The third-order valence-electron chi connectivity index (χ3n) is 5.26. The summed E-state index contributed by atoms with van der Waals surface area (Å²) in [4.78, 5) is 19.3. The molecule has 8 nitrogen and oxygen atoms in total. The predicted octanol–water partition coefficient (Wildman–Crippen LogP) is 4.61. The number of pyridine rings is 2. The number of aromatic nitrogens is 5. The summed E-state index contributed by atoms with van der Waals surface area (Å²) in [5, 5.41) is 12.4. The Morgan fingerprint density at radius 1 is 0.865 bits per heavy atom. The number of hydrogen-bond acceptors (Lipinski definition) is 8. The number of nitrogens with one attached hydrogen (secondary N) is 1. The van der Waals surface area contributed by atoms with Crippen LogP contribution in [0.5, 0.6) is 0 Å². The number of β-amino-alcohol motifs (C(OH)–C–C–N with tert-alkyl or cyclic N) is 1. The normalized spacial score (nSPS) is 18.8. The van der Waals surface area contributed by atoms with Crippen LogP contribution in [0.3, 0.4) is 0 Å². The van der Waals surface area contributed by atoms with Crippen LogP contribution in [-0.2, 0) is 12.4 Å². The molecular formula is C20H14F9N7O. The highest BCUT2D eigenvalue weighted by Gasteiger charge is 2.57. The van der Waals surface area contributed by atoms with Crippen LogP contribution in [0.15, 0.2) is 36.5 Å².